The minimum atomic E-state index is -0.873. The molecule has 2 heterocycles. The van der Waals surface area contributed by atoms with Crippen molar-refractivity contribution in [2.45, 2.75) is 38.4 Å². The van der Waals surface area contributed by atoms with E-state index in [4.69, 9.17) is 5.11 Å². The van der Waals surface area contributed by atoms with Gasteiger partial charge in [0.25, 0.3) is 0 Å². The Bertz CT molecular complexity index is 612. The highest BCUT2D eigenvalue weighted by atomic mass is 32.2. The average molecular weight is 307 g/mol. The first-order valence-corrected chi connectivity index (χ1v) is 7.63. The minimum absolute atomic E-state index is 0.0379. The molecule has 21 heavy (non-hydrogen) atoms. The van der Waals surface area contributed by atoms with Crippen LogP contribution in [0.5, 0.6) is 0 Å². The Hall–Kier alpha value is -1.96. The predicted octanol–water partition coefficient (Wildman–Crippen LogP) is 1.55. The van der Waals surface area contributed by atoms with Crippen molar-refractivity contribution in [3.63, 3.8) is 0 Å². The van der Waals surface area contributed by atoms with Gasteiger partial charge >= 0.3 is 5.97 Å². The number of nitrogens with zero attached hydrogens (tertiary/aromatic N) is 5. The van der Waals surface area contributed by atoms with Crippen molar-refractivity contribution in [3.05, 3.63) is 29.6 Å². The SMILES string of the molecule is CCCc1nnc(SCC(=O)O)n1Cc1cnc(C)cn1. The topological polar surface area (TPSA) is 93.8 Å². The van der Waals surface area contributed by atoms with Gasteiger partial charge in [0.2, 0.25) is 0 Å². The summed E-state index contributed by atoms with van der Waals surface area (Å²) >= 11 is 1.17. The molecule has 0 amide bonds. The van der Waals surface area contributed by atoms with Crippen LogP contribution in [0.25, 0.3) is 0 Å². The highest BCUT2D eigenvalue weighted by Gasteiger charge is 2.14. The molecule has 0 spiro atoms. The summed E-state index contributed by atoms with van der Waals surface area (Å²) in [6.07, 6.45) is 5.17. The van der Waals surface area contributed by atoms with Crippen molar-refractivity contribution < 1.29 is 9.90 Å². The first kappa shape index (κ1) is 15.4. The summed E-state index contributed by atoms with van der Waals surface area (Å²) in [7, 11) is 0. The number of carboxylic acid groups (broad SMARTS) is 1. The Morgan fingerprint density at radius 1 is 1.33 bits per heavy atom. The summed E-state index contributed by atoms with van der Waals surface area (Å²) in [6, 6.07) is 0. The Labute approximate surface area is 126 Å². The molecule has 0 saturated carbocycles. The summed E-state index contributed by atoms with van der Waals surface area (Å²) in [5.41, 5.74) is 1.66. The Morgan fingerprint density at radius 3 is 2.76 bits per heavy atom. The van der Waals surface area contributed by atoms with E-state index in [9.17, 15) is 4.79 Å². The number of carboxylic acids is 1. The van der Waals surface area contributed by atoms with Crippen molar-refractivity contribution in [1.29, 1.82) is 0 Å². The molecule has 8 heteroatoms. The monoisotopic (exact) mass is 307 g/mol. The second-order valence-electron chi connectivity index (χ2n) is 4.57. The van der Waals surface area contributed by atoms with Crippen molar-refractivity contribution in [2.24, 2.45) is 0 Å². The van der Waals surface area contributed by atoms with Gasteiger partial charge in [-0.25, -0.2) is 0 Å². The molecule has 0 bridgehead atoms. The van der Waals surface area contributed by atoms with Gasteiger partial charge in [0.15, 0.2) is 5.16 Å². The minimum Gasteiger partial charge on any atom is -0.481 e. The van der Waals surface area contributed by atoms with Gasteiger partial charge < -0.3 is 5.11 Å². The maximum absolute atomic E-state index is 10.7. The van der Waals surface area contributed by atoms with Crippen LogP contribution in [0, 0.1) is 6.92 Å². The molecule has 0 saturated heterocycles. The fraction of sp³-hybridized carbons (Fsp3) is 0.462. The van der Waals surface area contributed by atoms with E-state index in [2.05, 4.69) is 27.1 Å². The number of aryl methyl sites for hydroxylation is 2. The van der Waals surface area contributed by atoms with Gasteiger partial charge in [0.05, 0.1) is 29.9 Å². The quantitative estimate of drug-likeness (QED) is 0.776. The molecule has 7 nitrogen and oxygen atoms in total. The Kier molecular flexibility index (Phi) is 5.26. The molecule has 112 valence electrons. The molecule has 0 aromatic carbocycles. The number of thioether (sulfide) groups is 1. The Balaban J connectivity index is 2.22. The fourth-order valence-electron chi connectivity index (χ4n) is 1.78. The van der Waals surface area contributed by atoms with Crippen LogP contribution < -0.4 is 0 Å². The summed E-state index contributed by atoms with van der Waals surface area (Å²) in [5, 5.41) is 17.6. The molecule has 0 unspecified atom stereocenters. The molecule has 0 aliphatic rings. The van der Waals surface area contributed by atoms with Gasteiger partial charge in [-0.1, -0.05) is 18.7 Å². The third-order valence-electron chi connectivity index (χ3n) is 2.75. The number of rotatable bonds is 7. The first-order valence-electron chi connectivity index (χ1n) is 6.64. The normalized spacial score (nSPS) is 10.8. The van der Waals surface area contributed by atoms with Crippen molar-refractivity contribution >= 4 is 17.7 Å². The van der Waals surface area contributed by atoms with Gasteiger partial charge in [-0.2, -0.15) is 0 Å². The second-order valence-corrected chi connectivity index (χ2v) is 5.51. The number of hydrogen-bond donors (Lipinski definition) is 1. The molecule has 1 N–H and O–H groups in total. The third kappa shape index (κ3) is 4.25. The fourth-order valence-corrected chi connectivity index (χ4v) is 2.46. The lowest BCUT2D eigenvalue weighted by molar-refractivity contribution is -0.133. The lowest BCUT2D eigenvalue weighted by Crippen LogP contribution is -2.09. The number of hydrogen-bond acceptors (Lipinski definition) is 6. The molecule has 0 aliphatic heterocycles. The number of aliphatic carboxylic acids is 1. The van der Waals surface area contributed by atoms with Crippen molar-refractivity contribution in [3.8, 4) is 0 Å². The first-order chi connectivity index (χ1) is 10.1. The van der Waals surface area contributed by atoms with Gasteiger partial charge in [0, 0.05) is 12.6 Å². The largest absolute Gasteiger partial charge is 0.481 e. The van der Waals surface area contributed by atoms with Crippen LogP contribution in [0.3, 0.4) is 0 Å². The summed E-state index contributed by atoms with van der Waals surface area (Å²) in [6.45, 7) is 4.44. The van der Waals surface area contributed by atoms with Crippen LogP contribution in [0.1, 0.15) is 30.6 Å². The number of aromatic nitrogens is 5. The van der Waals surface area contributed by atoms with Gasteiger partial charge in [-0.05, 0) is 13.3 Å². The van der Waals surface area contributed by atoms with Crippen LogP contribution in [-0.4, -0.2) is 41.6 Å². The van der Waals surface area contributed by atoms with E-state index in [0.717, 1.165) is 30.1 Å². The van der Waals surface area contributed by atoms with Crippen LogP contribution in [0.4, 0.5) is 0 Å². The lowest BCUT2D eigenvalue weighted by atomic mass is 10.3. The Morgan fingerprint density at radius 2 is 2.14 bits per heavy atom. The molecule has 0 atom stereocenters. The molecule has 2 aromatic heterocycles. The van der Waals surface area contributed by atoms with Gasteiger partial charge in [-0.3, -0.25) is 19.3 Å². The van der Waals surface area contributed by atoms with E-state index in [1.165, 1.54) is 11.8 Å². The second kappa shape index (κ2) is 7.16. The smallest absolute Gasteiger partial charge is 0.313 e. The standard InChI is InChI=1S/C13H17N5O2S/c1-3-4-11-16-17-13(21-8-12(19)20)18(11)7-10-6-14-9(2)5-15-10/h5-6H,3-4,7-8H2,1-2H3,(H,19,20). The zero-order valence-electron chi connectivity index (χ0n) is 12.0. The predicted molar refractivity (Wildman–Crippen MR) is 78.2 cm³/mol. The lowest BCUT2D eigenvalue weighted by Gasteiger charge is -2.08. The molecule has 0 fully saturated rings. The molecule has 0 aliphatic carbocycles. The summed E-state index contributed by atoms with van der Waals surface area (Å²) in [4.78, 5) is 19.3. The highest BCUT2D eigenvalue weighted by Crippen LogP contribution is 2.18. The third-order valence-corrected chi connectivity index (χ3v) is 3.70. The summed E-state index contributed by atoms with van der Waals surface area (Å²) < 4.78 is 1.91. The van der Waals surface area contributed by atoms with E-state index in [-0.39, 0.29) is 5.75 Å². The van der Waals surface area contributed by atoms with Crippen LogP contribution in [0.15, 0.2) is 17.6 Å². The molecular formula is C13H17N5O2S. The van der Waals surface area contributed by atoms with E-state index in [1.807, 2.05) is 11.5 Å². The maximum Gasteiger partial charge on any atom is 0.313 e. The van der Waals surface area contributed by atoms with Gasteiger partial charge in [0.1, 0.15) is 5.82 Å². The van der Waals surface area contributed by atoms with Crippen molar-refractivity contribution in [2.75, 3.05) is 5.75 Å². The molecular weight excluding hydrogens is 290 g/mol. The average Bonchev–Trinajstić information content (AvgIpc) is 2.82. The molecule has 0 radical (unpaired) electrons. The van der Waals surface area contributed by atoms with Crippen molar-refractivity contribution in [1.82, 2.24) is 24.7 Å². The van der Waals surface area contributed by atoms with Crippen LogP contribution in [-0.2, 0) is 17.8 Å². The van der Waals surface area contributed by atoms with Gasteiger partial charge in [-0.15, -0.1) is 10.2 Å². The molecule has 2 rings (SSSR count). The van der Waals surface area contributed by atoms with E-state index >= 15 is 0 Å². The van der Waals surface area contributed by atoms with Crippen LogP contribution >= 0.6 is 11.8 Å². The number of carbonyl (C=O) groups is 1. The van der Waals surface area contributed by atoms with Crippen LogP contribution in [0.2, 0.25) is 0 Å². The zero-order chi connectivity index (χ0) is 15.2. The molecule has 2 aromatic rings. The van der Waals surface area contributed by atoms with E-state index in [0.29, 0.717) is 11.7 Å². The zero-order valence-corrected chi connectivity index (χ0v) is 12.8. The highest BCUT2D eigenvalue weighted by molar-refractivity contribution is 7.99. The maximum atomic E-state index is 10.7. The van der Waals surface area contributed by atoms with E-state index < -0.39 is 5.97 Å². The van der Waals surface area contributed by atoms with E-state index in [1.54, 1.807) is 12.4 Å². The summed E-state index contributed by atoms with van der Waals surface area (Å²) in [5.74, 6) is -0.0707.